The highest BCUT2D eigenvalue weighted by molar-refractivity contribution is 6.00. The van der Waals surface area contributed by atoms with Gasteiger partial charge in [0.05, 0.1) is 14.2 Å². The molecule has 0 aliphatic heterocycles. The summed E-state index contributed by atoms with van der Waals surface area (Å²) in [6.45, 7) is 5.34. The van der Waals surface area contributed by atoms with Crippen LogP contribution in [0.5, 0.6) is 11.5 Å². The number of carboxylic acid groups (broad SMARTS) is 1. The van der Waals surface area contributed by atoms with E-state index in [1.54, 1.807) is 20.3 Å². The van der Waals surface area contributed by atoms with Crippen molar-refractivity contribution in [1.82, 2.24) is 5.32 Å². The van der Waals surface area contributed by atoms with E-state index in [1.165, 1.54) is 25.7 Å². The number of carbonyl (C=O) groups is 2. The van der Waals surface area contributed by atoms with Crippen LogP contribution in [0.2, 0.25) is 0 Å². The first kappa shape index (κ1) is 26.1. The average Bonchev–Trinajstić information content (AvgIpc) is 3.36. The maximum Gasteiger partial charge on any atom is 0.322 e. The molecular weight excluding hydrogens is 444 g/mol. The van der Waals surface area contributed by atoms with Gasteiger partial charge in [0.15, 0.2) is 0 Å². The zero-order chi connectivity index (χ0) is 25.5. The molecule has 7 heteroatoms. The fourth-order valence-electron chi connectivity index (χ4n) is 4.82. The minimum atomic E-state index is -1.09. The quantitative estimate of drug-likeness (QED) is 0.398. The Bertz CT molecular complexity index is 1100. The normalized spacial score (nSPS) is 14.0. The van der Waals surface area contributed by atoms with Crippen LogP contribution in [0.1, 0.15) is 55.7 Å². The van der Waals surface area contributed by atoms with Gasteiger partial charge in [0, 0.05) is 39.6 Å². The Morgan fingerprint density at radius 1 is 1.03 bits per heavy atom. The smallest absolute Gasteiger partial charge is 0.322 e. The van der Waals surface area contributed by atoms with Crippen LogP contribution in [-0.2, 0) is 9.59 Å². The topological polar surface area (TPSA) is 96.9 Å². The first-order valence-corrected chi connectivity index (χ1v) is 12.1. The molecule has 35 heavy (non-hydrogen) atoms. The maximum atomic E-state index is 12.6. The number of hydrogen-bond donors (Lipinski definition) is 3. The molecule has 0 aromatic heterocycles. The Morgan fingerprint density at radius 3 is 2.20 bits per heavy atom. The number of benzene rings is 2. The van der Waals surface area contributed by atoms with Gasteiger partial charge in [-0.2, -0.15) is 0 Å². The summed E-state index contributed by atoms with van der Waals surface area (Å²) in [5, 5.41) is 14.9. The van der Waals surface area contributed by atoms with E-state index in [2.05, 4.69) is 34.9 Å². The van der Waals surface area contributed by atoms with E-state index in [1.807, 2.05) is 20.8 Å². The molecule has 0 radical (unpaired) electrons. The number of hydrogen-bond acceptors (Lipinski definition) is 5. The summed E-state index contributed by atoms with van der Waals surface area (Å²) in [6, 6.07) is 8.93. The Kier molecular flexibility index (Phi) is 8.79. The molecule has 1 aliphatic rings. The molecule has 1 saturated carbocycles. The molecule has 2 aromatic carbocycles. The van der Waals surface area contributed by atoms with Gasteiger partial charge < -0.3 is 25.2 Å². The third-order valence-electron chi connectivity index (χ3n) is 6.63. The molecule has 0 heterocycles. The summed E-state index contributed by atoms with van der Waals surface area (Å²) in [7, 11) is 3.25. The number of amides is 1. The molecule has 3 N–H and O–H groups in total. The Hall–Kier alpha value is -3.48. The van der Waals surface area contributed by atoms with Crippen molar-refractivity contribution in [3.8, 4) is 22.6 Å². The van der Waals surface area contributed by atoms with Gasteiger partial charge in [0.2, 0.25) is 5.91 Å². The van der Waals surface area contributed by atoms with Crippen LogP contribution in [-0.4, -0.2) is 43.8 Å². The molecule has 0 atom stereocenters. The van der Waals surface area contributed by atoms with Gasteiger partial charge >= 0.3 is 5.97 Å². The second kappa shape index (κ2) is 11.8. The molecule has 2 aromatic rings. The number of carbonyl (C=O) groups excluding carboxylic acids is 1. The lowest BCUT2D eigenvalue weighted by Crippen LogP contribution is -2.30. The number of carboxylic acids is 1. The summed E-state index contributed by atoms with van der Waals surface area (Å²) < 4.78 is 11.7. The summed E-state index contributed by atoms with van der Waals surface area (Å²) in [4.78, 5) is 23.4. The minimum absolute atomic E-state index is 0.414. The van der Waals surface area contributed by atoms with Crippen molar-refractivity contribution in [3.63, 3.8) is 0 Å². The number of aliphatic carboxylic acids is 1. The molecule has 0 unspecified atom stereocenters. The third-order valence-corrected chi connectivity index (χ3v) is 6.63. The number of rotatable bonds is 10. The molecule has 1 fully saturated rings. The van der Waals surface area contributed by atoms with Crippen LogP contribution >= 0.6 is 0 Å². The highest BCUT2D eigenvalue weighted by Crippen LogP contribution is 2.45. The maximum absolute atomic E-state index is 12.6. The van der Waals surface area contributed by atoms with Crippen molar-refractivity contribution < 1.29 is 24.2 Å². The standard InChI is InChI=1S/C28H36N2O5/c1-6-19(28(33)29-16-24(31)32)15-23-17(2)27(35-5)25(18(3)26(23)34-4)20-11-13-22(14-12-20)30-21-9-7-8-10-21/h11-15,21,30H,6-10,16H2,1-5H3,(H,29,33)(H,31,32)/b19-15+. The van der Waals surface area contributed by atoms with E-state index in [4.69, 9.17) is 14.6 Å². The van der Waals surface area contributed by atoms with Gasteiger partial charge in [-0.05, 0) is 56.9 Å². The molecule has 0 saturated heterocycles. The van der Waals surface area contributed by atoms with E-state index in [9.17, 15) is 9.59 Å². The fraction of sp³-hybridized carbons (Fsp3) is 0.429. The number of methoxy groups -OCH3 is 2. The zero-order valence-corrected chi connectivity index (χ0v) is 21.3. The predicted octanol–water partition coefficient (Wildman–Crippen LogP) is 5.34. The van der Waals surface area contributed by atoms with E-state index >= 15 is 0 Å². The Balaban J connectivity index is 2.03. The van der Waals surface area contributed by atoms with Crippen LogP contribution in [0.4, 0.5) is 5.69 Å². The summed E-state index contributed by atoms with van der Waals surface area (Å²) in [6.07, 6.45) is 7.20. The van der Waals surface area contributed by atoms with Gasteiger partial charge in [-0.15, -0.1) is 0 Å². The monoisotopic (exact) mass is 480 g/mol. The molecule has 188 valence electrons. The first-order valence-electron chi connectivity index (χ1n) is 12.1. The van der Waals surface area contributed by atoms with Gasteiger partial charge in [0.1, 0.15) is 18.0 Å². The van der Waals surface area contributed by atoms with Crippen LogP contribution in [0, 0.1) is 13.8 Å². The second-order valence-electron chi connectivity index (χ2n) is 8.91. The molecular formula is C28H36N2O5. The molecule has 1 amide bonds. The number of ether oxygens (including phenoxy) is 2. The highest BCUT2D eigenvalue weighted by atomic mass is 16.5. The van der Waals surface area contributed by atoms with Crippen molar-refractivity contribution in [2.45, 2.75) is 58.9 Å². The predicted molar refractivity (Wildman–Crippen MR) is 139 cm³/mol. The van der Waals surface area contributed by atoms with Crippen LogP contribution in [0.15, 0.2) is 29.8 Å². The van der Waals surface area contributed by atoms with Gasteiger partial charge in [0.25, 0.3) is 0 Å². The van der Waals surface area contributed by atoms with Crippen molar-refractivity contribution in [2.75, 3.05) is 26.1 Å². The van der Waals surface area contributed by atoms with Crippen molar-refractivity contribution in [2.24, 2.45) is 0 Å². The molecule has 3 rings (SSSR count). The number of nitrogens with one attached hydrogen (secondary N) is 2. The average molecular weight is 481 g/mol. The SMILES string of the molecule is CC/C(=C\c1c(C)c(OC)c(-c2ccc(NC3CCCC3)cc2)c(C)c1OC)C(=O)NCC(=O)O. The zero-order valence-electron chi connectivity index (χ0n) is 21.3. The second-order valence-corrected chi connectivity index (χ2v) is 8.91. The van der Waals surface area contributed by atoms with Gasteiger partial charge in [-0.25, -0.2) is 0 Å². The van der Waals surface area contributed by atoms with Crippen molar-refractivity contribution in [3.05, 3.63) is 46.5 Å². The van der Waals surface area contributed by atoms with Crippen LogP contribution in [0.25, 0.3) is 17.2 Å². The molecule has 7 nitrogen and oxygen atoms in total. The highest BCUT2D eigenvalue weighted by Gasteiger charge is 2.23. The minimum Gasteiger partial charge on any atom is -0.496 e. The Morgan fingerprint density at radius 2 is 1.66 bits per heavy atom. The number of anilines is 1. The molecule has 0 spiro atoms. The lowest BCUT2D eigenvalue weighted by atomic mass is 9.90. The van der Waals surface area contributed by atoms with Gasteiger partial charge in [-0.1, -0.05) is 31.9 Å². The Labute approximate surface area is 207 Å². The van der Waals surface area contributed by atoms with Crippen LogP contribution < -0.4 is 20.1 Å². The van der Waals surface area contributed by atoms with E-state index < -0.39 is 18.4 Å². The fourth-order valence-corrected chi connectivity index (χ4v) is 4.82. The largest absolute Gasteiger partial charge is 0.496 e. The van der Waals surface area contributed by atoms with Gasteiger partial charge in [-0.3, -0.25) is 9.59 Å². The molecule has 0 bridgehead atoms. The summed E-state index contributed by atoms with van der Waals surface area (Å²) >= 11 is 0. The van der Waals surface area contributed by atoms with E-state index in [0.29, 0.717) is 29.5 Å². The lowest BCUT2D eigenvalue weighted by Gasteiger charge is -2.22. The molecule has 1 aliphatic carbocycles. The van der Waals surface area contributed by atoms with Crippen molar-refractivity contribution >= 4 is 23.6 Å². The van der Waals surface area contributed by atoms with E-state index in [-0.39, 0.29) is 0 Å². The first-order chi connectivity index (χ1) is 16.8. The lowest BCUT2D eigenvalue weighted by molar-refractivity contribution is -0.137. The summed E-state index contributed by atoms with van der Waals surface area (Å²) in [5.74, 6) is -0.132. The third kappa shape index (κ3) is 5.96. The van der Waals surface area contributed by atoms with Crippen LogP contribution in [0.3, 0.4) is 0 Å². The summed E-state index contributed by atoms with van der Waals surface area (Å²) in [5.41, 5.74) is 6.02. The van der Waals surface area contributed by atoms with Crippen molar-refractivity contribution in [1.29, 1.82) is 0 Å². The van der Waals surface area contributed by atoms with E-state index in [0.717, 1.165) is 33.5 Å².